The Labute approximate surface area is 159 Å². The number of nitrogens with zero attached hydrogens (tertiary/aromatic N) is 2. The van der Waals surface area contributed by atoms with Crippen LogP contribution in [0.2, 0.25) is 0 Å². The number of hydrogen-bond acceptors (Lipinski definition) is 6. The molecule has 0 radical (unpaired) electrons. The smallest absolute Gasteiger partial charge is 0.238 e. The van der Waals surface area contributed by atoms with Gasteiger partial charge >= 0.3 is 0 Å². The fraction of sp³-hybridized carbons (Fsp3) is 0.688. The molecule has 1 aliphatic heterocycles. The van der Waals surface area contributed by atoms with Gasteiger partial charge in [0, 0.05) is 19.2 Å². The molecule has 2 rings (SSSR count). The van der Waals surface area contributed by atoms with Crippen molar-refractivity contribution in [1.82, 2.24) is 15.4 Å². The van der Waals surface area contributed by atoms with Crippen molar-refractivity contribution in [2.24, 2.45) is 5.92 Å². The van der Waals surface area contributed by atoms with Crippen LogP contribution in [0.1, 0.15) is 25.5 Å². The summed E-state index contributed by atoms with van der Waals surface area (Å²) in [4.78, 5) is 26.4. The Balaban J connectivity index is 0.00000312. The number of carbonyl (C=O) groups excluding carboxylic acids is 2. The second-order valence-electron chi connectivity index (χ2n) is 6.17. The Kier molecular flexibility index (Phi) is 9.31. The third-order valence-electron chi connectivity index (χ3n) is 4.07. The lowest BCUT2D eigenvalue weighted by molar-refractivity contribution is -0.130. The van der Waals surface area contributed by atoms with Gasteiger partial charge in [-0.2, -0.15) is 0 Å². The number of nitrogens with one attached hydrogen (secondary N) is 2. The summed E-state index contributed by atoms with van der Waals surface area (Å²) in [6.45, 7) is 6.12. The molecule has 25 heavy (non-hydrogen) atoms. The van der Waals surface area contributed by atoms with Crippen LogP contribution in [0.25, 0.3) is 0 Å². The first-order valence-corrected chi connectivity index (χ1v) is 9.32. The average Bonchev–Trinajstić information content (AvgIpc) is 2.97. The van der Waals surface area contributed by atoms with Gasteiger partial charge in [0.2, 0.25) is 11.8 Å². The molecule has 1 aromatic rings. The predicted octanol–water partition coefficient (Wildman–Crippen LogP) is 1.92. The molecule has 1 saturated heterocycles. The van der Waals surface area contributed by atoms with Crippen molar-refractivity contribution in [2.45, 2.75) is 31.9 Å². The highest BCUT2D eigenvalue weighted by atomic mass is 35.5. The third-order valence-corrected chi connectivity index (χ3v) is 5.20. The van der Waals surface area contributed by atoms with Crippen molar-refractivity contribution < 1.29 is 14.1 Å². The van der Waals surface area contributed by atoms with Crippen LogP contribution in [0.15, 0.2) is 10.6 Å². The molecule has 2 unspecified atom stereocenters. The second kappa shape index (κ2) is 10.7. The van der Waals surface area contributed by atoms with Crippen LogP contribution in [0.4, 0.5) is 5.82 Å². The molecule has 0 aromatic carbocycles. The Bertz CT molecular complexity index is 567. The number of hydrogen-bond donors (Lipinski definition) is 2. The zero-order chi connectivity index (χ0) is 17.5. The number of carbonyl (C=O) groups is 2. The van der Waals surface area contributed by atoms with Crippen molar-refractivity contribution in [2.75, 3.05) is 37.8 Å². The number of thioether (sulfide) groups is 1. The van der Waals surface area contributed by atoms with Crippen LogP contribution >= 0.6 is 24.2 Å². The Morgan fingerprint density at radius 1 is 1.52 bits per heavy atom. The van der Waals surface area contributed by atoms with Crippen molar-refractivity contribution >= 4 is 41.8 Å². The Hall–Kier alpha value is -1.25. The van der Waals surface area contributed by atoms with E-state index in [0.717, 1.165) is 32.5 Å². The molecule has 2 atom stereocenters. The molecule has 7 nitrogen and oxygen atoms in total. The highest BCUT2D eigenvalue weighted by molar-refractivity contribution is 8.01. The lowest BCUT2D eigenvalue weighted by Gasteiger charge is -2.32. The summed E-state index contributed by atoms with van der Waals surface area (Å²) in [5.74, 6) is 1.82. The predicted molar refractivity (Wildman–Crippen MR) is 102 cm³/mol. The minimum Gasteiger partial charge on any atom is -0.360 e. The van der Waals surface area contributed by atoms with E-state index in [2.05, 4.69) is 15.8 Å². The average molecular weight is 391 g/mol. The van der Waals surface area contributed by atoms with Crippen molar-refractivity contribution in [3.8, 4) is 0 Å². The van der Waals surface area contributed by atoms with Gasteiger partial charge in [-0.1, -0.05) is 5.16 Å². The molecule has 1 fully saturated rings. The first kappa shape index (κ1) is 21.8. The zero-order valence-corrected chi connectivity index (χ0v) is 16.5. The largest absolute Gasteiger partial charge is 0.360 e. The highest BCUT2D eigenvalue weighted by Gasteiger charge is 2.24. The minimum absolute atomic E-state index is 0. The third kappa shape index (κ3) is 6.87. The number of aryl methyl sites for hydroxylation is 1. The van der Waals surface area contributed by atoms with Crippen LogP contribution in [0, 0.1) is 12.8 Å². The summed E-state index contributed by atoms with van der Waals surface area (Å²) in [6.07, 6.45) is 2.21. The van der Waals surface area contributed by atoms with E-state index in [0.29, 0.717) is 23.2 Å². The number of piperidine rings is 1. The standard InChI is InChI=1S/C16H26N4O3S.ClH/c1-11-7-14(19-23-11)18-16(22)12(2)24-10-15(21)20-6-4-5-13(9-20)8-17-3;/h7,12-13,17H,4-6,8-10H2,1-3H3,(H,18,19,22);1H. The van der Waals surface area contributed by atoms with Crippen molar-refractivity contribution in [3.05, 3.63) is 11.8 Å². The SMILES string of the molecule is CNCC1CCCN(C(=O)CSC(C)C(=O)Nc2cc(C)on2)C1.Cl. The molecule has 2 amide bonds. The van der Waals surface area contributed by atoms with Gasteiger partial charge in [-0.15, -0.1) is 24.2 Å². The maximum Gasteiger partial charge on any atom is 0.238 e. The molecule has 0 bridgehead atoms. The summed E-state index contributed by atoms with van der Waals surface area (Å²) in [6, 6.07) is 1.66. The molecule has 142 valence electrons. The van der Waals surface area contributed by atoms with Crippen LogP contribution < -0.4 is 10.6 Å². The maximum absolute atomic E-state index is 12.4. The van der Waals surface area contributed by atoms with Crippen molar-refractivity contribution in [1.29, 1.82) is 0 Å². The molecule has 0 spiro atoms. The van der Waals surface area contributed by atoms with E-state index in [1.54, 1.807) is 19.9 Å². The molecule has 9 heteroatoms. The fourth-order valence-electron chi connectivity index (χ4n) is 2.76. The van der Waals surface area contributed by atoms with E-state index in [4.69, 9.17) is 4.52 Å². The van der Waals surface area contributed by atoms with E-state index in [-0.39, 0.29) is 29.5 Å². The van der Waals surface area contributed by atoms with E-state index < -0.39 is 0 Å². The number of amides is 2. The highest BCUT2D eigenvalue weighted by Crippen LogP contribution is 2.19. The fourth-order valence-corrected chi connectivity index (χ4v) is 3.55. The number of aromatic nitrogens is 1. The molecule has 2 N–H and O–H groups in total. The van der Waals surface area contributed by atoms with Crippen LogP contribution in [-0.2, 0) is 9.59 Å². The van der Waals surface area contributed by atoms with E-state index in [9.17, 15) is 9.59 Å². The topological polar surface area (TPSA) is 87.5 Å². The van der Waals surface area contributed by atoms with Crippen molar-refractivity contribution in [3.63, 3.8) is 0 Å². The maximum atomic E-state index is 12.4. The van der Waals surface area contributed by atoms with Crippen LogP contribution in [0.5, 0.6) is 0 Å². The number of likely N-dealkylation sites (tertiary alicyclic amines) is 1. The van der Waals surface area contributed by atoms with Gasteiger partial charge in [0.1, 0.15) is 5.76 Å². The Morgan fingerprint density at radius 3 is 2.92 bits per heavy atom. The van der Waals surface area contributed by atoms with Gasteiger partial charge in [0.15, 0.2) is 5.82 Å². The number of anilines is 1. The first-order chi connectivity index (χ1) is 11.5. The van der Waals surface area contributed by atoms with E-state index in [1.165, 1.54) is 11.8 Å². The van der Waals surface area contributed by atoms with E-state index in [1.807, 2.05) is 11.9 Å². The summed E-state index contributed by atoms with van der Waals surface area (Å²) >= 11 is 1.35. The summed E-state index contributed by atoms with van der Waals surface area (Å²) < 4.78 is 4.92. The van der Waals surface area contributed by atoms with Crippen LogP contribution in [-0.4, -0.2) is 59.6 Å². The number of halogens is 1. The molecular formula is C16H27ClN4O3S. The molecule has 0 saturated carbocycles. The zero-order valence-electron chi connectivity index (χ0n) is 14.9. The van der Waals surface area contributed by atoms with Gasteiger partial charge in [-0.25, -0.2) is 0 Å². The summed E-state index contributed by atoms with van der Waals surface area (Å²) in [5.41, 5.74) is 0. The van der Waals surface area contributed by atoms with Gasteiger partial charge < -0.3 is 20.1 Å². The lowest BCUT2D eigenvalue weighted by atomic mass is 9.98. The van der Waals surface area contributed by atoms with Gasteiger partial charge in [0.05, 0.1) is 11.0 Å². The molecule has 0 aliphatic carbocycles. The monoisotopic (exact) mass is 390 g/mol. The van der Waals surface area contributed by atoms with Crippen LogP contribution in [0.3, 0.4) is 0 Å². The first-order valence-electron chi connectivity index (χ1n) is 8.27. The number of rotatable bonds is 7. The Morgan fingerprint density at radius 2 is 2.28 bits per heavy atom. The lowest BCUT2D eigenvalue weighted by Crippen LogP contribution is -2.43. The molecular weight excluding hydrogens is 364 g/mol. The summed E-state index contributed by atoms with van der Waals surface area (Å²) in [7, 11) is 1.94. The van der Waals surface area contributed by atoms with Gasteiger partial charge in [-0.05, 0) is 46.2 Å². The molecule has 2 heterocycles. The second-order valence-corrected chi connectivity index (χ2v) is 7.50. The summed E-state index contributed by atoms with van der Waals surface area (Å²) in [5, 5.41) is 9.27. The van der Waals surface area contributed by atoms with E-state index >= 15 is 0 Å². The molecule has 1 aliphatic rings. The normalized spacial score (nSPS) is 18.4. The van der Waals surface area contributed by atoms with Gasteiger partial charge in [0.25, 0.3) is 0 Å². The molecule has 1 aromatic heterocycles. The quantitative estimate of drug-likeness (QED) is 0.739. The van der Waals surface area contributed by atoms with Gasteiger partial charge in [-0.3, -0.25) is 9.59 Å². The minimum atomic E-state index is -0.330.